The van der Waals surface area contributed by atoms with Gasteiger partial charge in [-0.25, -0.2) is 17.8 Å². The number of nitrogens with two attached hydrogens (primary N) is 1. The Bertz CT molecular complexity index is 1860. The van der Waals surface area contributed by atoms with Crippen molar-refractivity contribution in [1.82, 2.24) is 14.8 Å². The number of nitrogens with zero attached hydrogens (tertiary/aromatic N) is 3. The van der Waals surface area contributed by atoms with Gasteiger partial charge in [-0.1, -0.05) is 41.9 Å². The third-order valence-corrected chi connectivity index (χ3v) is 7.62. The van der Waals surface area contributed by atoms with E-state index in [2.05, 4.69) is 10.1 Å². The molecule has 0 aliphatic heterocycles. The first-order valence-electron chi connectivity index (χ1n) is 12.2. The summed E-state index contributed by atoms with van der Waals surface area (Å²) < 4.78 is 73.4. The lowest BCUT2D eigenvalue weighted by molar-refractivity contribution is 0.228. The van der Waals surface area contributed by atoms with Crippen LogP contribution in [-0.2, 0) is 17.1 Å². The molecule has 1 atom stereocenters. The second kappa shape index (κ2) is 10.9. The fourth-order valence-corrected chi connectivity index (χ4v) is 5.20. The number of pyridine rings is 1. The maximum Gasteiger partial charge on any atom is 0.355 e. The van der Waals surface area contributed by atoms with Crippen LogP contribution in [0.15, 0.2) is 72.9 Å². The van der Waals surface area contributed by atoms with Crippen molar-refractivity contribution in [2.75, 3.05) is 10.5 Å². The number of rotatable bonds is 8. The molecule has 41 heavy (non-hydrogen) atoms. The quantitative estimate of drug-likeness (QED) is 0.203. The van der Waals surface area contributed by atoms with Gasteiger partial charge in [0.1, 0.15) is 29.2 Å². The van der Waals surface area contributed by atoms with E-state index < -0.39 is 27.7 Å². The van der Waals surface area contributed by atoms with Crippen molar-refractivity contribution in [3.05, 3.63) is 89.3 Å². The van der Waals surface area contributed by atoms with Crippen molar-refractivity contribution in [3.63, 3.8) is 0 Å². The topological polar surface area (TPSA) is 112 Å². The van der Waals surface area contributed by atoms with Crippen molar-refractivity contribution >= 4 is 44.0 Å². The number of anilines is 2. The smallest absolute Gasteiger partial charge is 0.355 e. The number of aromatic nitrogens is 3. The number of fused-ring (bicyclic) bond motifs is 1. The van der Waals surface area contributed by atoms with E-state index in [1.165, 1.54) is 42.5 Å². The summed E-state index contributed by atoms with van der Waals surface area (Å²) in [7, 11) is -3.27. The number of hydrogen-bond donors (Lipinski definition) is 2. The van der Waals surface area contributed by atoms with Gasteiger partial charge in [0.15, 0.2) is 0 Å². The fraction of sp³-hybridized carbons (Fsp3) is 0.143. The van der Waals surface area contributed by atoms with Crippen LogP contribution < -0.4 is 15.2 Å². The largest absolute Gasteiger partial charge is 0.484 e. The predicted octanol–water partition coefficient (Wildman–Crippen LogP) is 6.78. The molecule has 5 rings (SSSR count). The minimum absolute atomic E-state index is 0.0557. The number of benzene rings is 3. The van der Waals surface area contributed by atoms with Gasteiger partial charge in [-0.15, -0.1) is 0 Å². The van der Waals surface area contributed by atoms with E-state index in [0.717, 1.165) is 11.1 Å². The molecular weight excluding hydrogens is 579 g/mol. The van der Waals surface area contributed by atoms with Crippen LogP contribution in [0.3, 0.4) is 0 Å². The number of aryl methyl sites for hydroxylation is 1. The summed E-state index contributed by atoms with van der Waals surface area (Å²) in [6, 6.07) is 17.0. The predicted molar refractivity (Wildman–Crippen MR) is 153 cm³/mol. The highest BCUT2D eigenvalue weighted by Gasteiger charge is 2.27. The monoisotopic (exact) mass is 601 g/mol. The van der Waals surface area contributed by atoms with Crippen molar-refractivity contribution in [1.29, 1.82) is 0 Å². The van der Waals surface area contributed by atoms with E-state index in [4.69, 9.17) is 22.1 Å². The first-order valence-corrected chi connectivity index (χ1v) is 14.1. The summed E-state index contributed by atoms with van der Waals surface area (Å²) in [4.78, 5) is 4.36. The number of hydrogen-bond acceptors (Lipinski definition) is 6. The van der Waals surface area contributed by atoms with Gasteiger partial charge in [0.2, 0.25) is 0 Å². The van der Waals surface area contributed by atoms with E-state index in [9.17, 15) is 21.6 Å². The molecule has 2 heterocycles. The zero-order chi connectivity index (χ0) is 29.5. The van der Waals surface area contributed by atoms with E-state index in [-0.39, 0.29) is 17.3 Å². The lowest BCUT2D eigenvalue weighted by Crippen LogP contribution is -2.21. The minimum Gasteiger partial charge on any atom is -0.484 e. The molecule has 5 aromatic rings. The summed E-state index contributed by atoms with van der Waals surface area (Å²) in [5.41, 5.74) is 9.70. The van der Waals surface area contributed by atoms with E-state index in [0.29, 0.717) is 32.7 Å². The molecule has 0 aliphatic rings. The molecule has 0 fully saturated rings. The maximum absolute atomic E-state index is 13.4. The number of halogens is 4. The summed E-state index contributed by atoms with van der Waals surface area (Å²) in [5, 5.41) is 5.71. The molecule has 0 aliphatic carbocycles. The molecule has 13 heteroatoms. The molecule has 0 amide bonds. The van der Waals surface area contributed by atoms with E-state index in [1.54, 1.807) is 37.0 Å². The second-order valence-corrected chi connectivity index (χ2v) is 11.3. The molecular formula is C28H23ClF3N5O3S. The molecule has 0 radical (unpaired) electrons. The third-order valence-electron chi connectivity index (χ3n) is 6.41. The van der Waals surface area contributed by atoms with Crippen LogP contribution in [0.5, 0.6) is 5.75 Å². The van der Waals surface area contributed by atoms with Gasteiger partial charge in [-0.05, 0) is 54.4 Å². The van der Waals surface area contributed by atoms with Crippen molar-refractivity contribution < 1.29 is 26.3 Å². The van der Waals surface area contributed by atoms with Crippen LogP contribution >= 0.6 is 11.6 Å². The standard InChI is InChI=1S/C28H23ClF3N5O3S/c1-15(16-6-9-20(30)10-7-16)40-23-13-18(8-11-22(23)36-41(38,39)28(31)32)25-24-26(37(2)35-25)21(14-34-27(24)33)17-4-3-5-19(29)12-17/h3-15,28,36H,1-2H3,(H2,33,34)/t15-/m0/s1. The molecule has 212 valence electrons. The highest BCUT2D eigenvalue weighted by molar-refractivity contribution is 7.93. The molecule has 8 nitrogen and oxygen atoms in total. The van der Waals surface area contributed by atoms with Crippen molar-refractivity contribution in [2.24, 2.45) is 7.05 Å². The number of nitrogens with one attached hydrogen (secondary N) is 1. The third kappa shape index (κ3) is 5.66. The van der Waals surface area contributed by atoms with Crippen LogP contribution in [0.4, 0.5) is 24.7 Å². The number of alkyl halides is 2. The molecule has 0 saturated carbocycles. The van der Waals surface area contributed by atoms with Crippen LogP contribution in [0.2, 0.25) is 5.02 Å². The zero-order valence-electron chi connectivity index (χ0n) is 21.6. The van der Waals surface area contributed by atoms with Crippen LogP contribution in [0.1, 0.15) is 18.6 Å². The van der Waals surface area contributed by atoms with Gasteiger partial charge < -0.3 is 10.5 Å². The minimum atomic E-state index is -5.01. The van der Waals surface area contributed by atoms with Gasteiger partial charge >= 0.3 is 5.76 Å². The number of ether oxygens (including phenoxy) is 1. The summed E-state index contributed by atoms with van der Waals surface area (Å²) in [6.07, 6.45) is 0.915. The Morgan fingerprint density at radius 3 is 2.46 bits per heavy atom. The Hall–Kier alpha value is -4.29. The first-order chi connectivity index (χ1) is 19.4. The molecule has 0 unspecified atom stereocenters. The SMILES string of the molecule is C[C@H](Oc1cc(-c2nn(C)c3c(-c4cccc(Cl)c4)cnc(N)c23)ccc1NS(=O)(=O)C(F)F)c1ccc(F)cc1. The van der Waals surface area contributed by atoms with Crippen molar-refractivity contribution in [3.8, 4) is 28.1 Å². The molecule has 2 aromatic heterocycles. The Morgan fingerprint density at radius 1 is 1.05 bits per heavy atom. The fourth-order valence-electron chi connectivity index (χ4n) is 4.45. The first kappa shape index (κ1) is 28.2. The average molecular weight is 602 g/mol. The molecule has 3 N–H and O–H groups in total. The van der Waals surface area contributed by atoms with Gasteiger partial charge in [0, 0.05) is 29.4 Å². The van der Waals surface area contributed by atoms with Gasteiger partial charge in [-0.3, -0.25) is 9.40 Å². The van der Waals surface area contributed by atoms with Gasteiger partial charge in [0.05, 0.1) is 16.6 Å². The van der Waals surface area contributed by atoms with Gasteiger partial charge in [-0.2, -0.15) is 13.9 Å². The van der Waals surface area contributed by atoms with E-state index in [1.807, 2.05) is 16.9 Å². The summed E-state index contributed by atoms with van der Waals surface area (Å²) in [6.45, 7) is 1.65. The highest BCUT2D eigenvalue weighted by Crippen LogP contribution is 2.40. The zero-order valence-corrected chi connectivity index (χ0v) is 23.2. The van der Waals surface area contributed by atoms with Crippen molar-refractivity contribution in [2.45, 2.75) is 18.8 Å². The van der Waals surface area contributed by atoms with Crippen LogP contribution in [0, 0.1) is 5.82 Å². The lowest BCUT2D eigenvalue weighted by Gasteiger charge is -2.19. The van der Waals surface area contributed by atoms with E-state index >= 15 is 0 Å². The molecule has 0 bridgehead atoms. The number of sulfonamides is 1. The Kier molecular flexibility index (Phi) is 7.54. The highest BCUT2D eigenvalue weighted by atomic mass is 35.5. The Balaban J connectivity index is 1.65. The molecule has 0 spiro atoms. The van der Waals surface area contributed by atoms with Gasteiger partial charge in [0.25, 0.3) is 10.0 Å². The second-order valence-electron chi connectivity index (χ2n) is 9.19. The Morgan fingerprint density at radius 2 is 1.78 bits per heavy atom. The normalized spacial score (nSPS) is 12.6. The van der Waals surface area contributed by atoms with Crippen LogP contribution in [0.25, 0.3) is 33.3 Å². The molecule has 0 saturated heterocycles. The summed E-state index contributed by atoms with van der Waals surface area (Å²) in [5.74, 6) is -3.97. The number of nitrogen functional groups attached to an aromatic ring is 1. The Labute approximate surface area is 238 Å². The van der Waals surface area contributed by atoms with Crippen LogP contribution in [-0.4, -0.2) is 28.9 Å². The maximum atomic E-state index is 13.4. The molecule has 3 aromatic carbocycles. The lowest BCUT2D eigenvalue weighted by atomic mass is 10.0. The average Bonchev–Trinajstić information content (AvgIpc) is 3.28. The summed E-state index contributed by atoms with van der Waals surface area (Å²) >= 11 is 6.21.